The van der Waals surface area contributed by atoms with E-state index in [9.17, 15) is 9.59 Å². The van der Waals surface area contributed by atoms with E-state index >= 15 is 0 Å². The highest BCUT2D eigenvalue weighted by Crippen LogP contribution is 2.57. The Morgan fingerprint density at radius 3 is 2.70 bits per heavy atom. The number of hydrogen-bond donors (Lipinski definition) is 1. The number of amides is 2. The Morgan fingerprint density at radius 1 is 1.18 bits per heavy atom. The van der Waals surface area contributed by atoms with Crippen molar-refractivity contribution in [2.75, 3.05) is 19.6 Å². The molecule has 1 heterocycles. The summed E-state index contributed by atoms with van der Waals surface area (Å²) in [5.74, 6) is 1.90. The monoisotopic (exact) mass is 450 g/mol. The molecule has 180 valence electrons. The molecule has 1 saturated heterocycles. The van der Waals surface area contributed by atoms with Crippen molar-refractivity contribution in [3.63, 3.8) is 0 Å². The fourth-order valence-electron chi connectivity index (χ4n) is 7.44. The van der Waals surface area contributed by atoms with Crippen LogP contribution >= 0.6 is 0 Å². The van der Waals surface area contributed by atoms with Crippen molar-refractivity contribution in [3.05, 3.63) is 34.9 Å². The highest BCUT2D eigenvalue weighted by Gasteiger charge is 2.53. The van der Waals surface area contributed by atoms with E-state index < -0.39 is 0 Å². The lowest BCUT2D eigenvalue weighted by Gasteiger charge is -2.56. The summed E-state index contributed by atoms with van der Waals surface area (Å²) in [6.45, 7) is 11.7. The van der Waals surface area contributed by atoms with Gasteiger partial charge in [-0.2, -0.15) is 0 Å². The summed E-state index contributed by atoms with van der Waals surface area (Å²) in [6, 6.07) is 7.23. The van der Waals surface area contributed by atoms with Crippen molar-refractivity contribution < 1.29 is 9.59 Å². The number of aryl methyl sites for hydroxylation is 1. The minimum absolute atomic E-state index is 0.0870. The third kappa shape index (κ3) is 4.23. The van der Waals surface area contributed by atoms with Crippen LogP contribution in [-0.4, -0.2) is 36.3 Å². The van der Waals surface area contributed by atoms with Crippen LogP contribution in [0.5, 0.6) is 0 Å². The van der Waals surface area contributed by atoms with E-state index in [0.29, 0.717) is 30.7 Å². The maximum absolute atomic E-state index is 12.9. The van der Waals surface area contributed by atoms with Crippen LogP contribution in [0.2, 0.25) is 0 Å². The Hall–Kier alpha value is -1.84. The first kappa shape index (κ1) is 22.9. The summed E-state index contributed by atoms with van der Waals surface area (Å²) in [5, 5.41) is 3.10. The molecule has 0 bridgehead atoms. The SMILES string of the molecule is CC(C)c1ccc2c(c1)CC[C@H]1[C@](C)(CN3CC(C(=O)NCC4CC4)CC3=O)CCC[C@]21C. The van der Waals surface area contributed by atoms with Crippen molar-refractivity contribution in [2.24, 2.45) is 23.2 Å². The van der Waals surface area contributed by atoms with Crippen LogP contribution in [0, 0.1) is 23.2 Å². The fraction of sp³-hybridized carbons (Fsp3) is 0.724. The normalized spacial score (nSPS) is 33.7. The molecule has 1 N–H and O–H groups in total. The van der Waals surface area contributed by atoms with Crippen molar-refractivity contribution >= 4 is 11.8 Å². The second-order valence-corrected chi connectivity index (χ2v) is 12.5. The van der Waals surface area contributed by atoms with E-state index in [4.69, 9.17) is 0 Å². The van der Waals surface area contributed by atoms with Crippen LogP contribution in [0.25, 0.3) is 0 Å². The predicted molar refractivity (Wildman–Crippen MR) is 132 cm³/mol. The van der Waals surface area contributed by atoms with E-state index in [-0.39, 0.29) is 28.6 Å². The minimum Gasteiger partial charge on any atom is -0.356 e. The molecule has 3 aliphatic carbocycles. The van der Waals surface area contributed by atoms with E-state index in [1.54, 1.807) is 11.1 Å². The quantitative estimate of drug-likeness (QED) is 0.648. The zero-order valence-corrected chi connectivity index (χ0v) is 21.1. The summed E-state index contributed by atoms with van der Waals surface area (Å²) in [7, 11) is 0. The van der Waals surface area contributed by atoms with Gasteiger partial charge in [-0.15, -0.1) is 0 Å². The molecule has 1 aliphatic heterocycles. The molecule has 4 aliphatic rings. The Labute approximate surface area is 199 Å². The molecule has 0 spiro atoms. The lowest BCUT2D eigenvalue weighted by Crippen LogP contribution is -2.53. The van der Waals surface area contributed by atoms with Gasteiger partial charge in [-0.25, -0.2) is 0 Å². The van der Waals surface area contributed by atoms with E-state index in [1.165, 1.54) is 44.1 Å². The number of rotatable bonds is 6. The number of carbonyl (C=O) groups is 2. The van der Waals surface area contributed by atoms with Crippen molar-refractivity contribution in [1.29, 1.82) is 0 Å². The maximum Gasteiger partial charge on any atom is 0.225 e. The van der Waals surface area contributed by atoms with Gasteiger partial charge in [-0.05, 0) is 83.8 Å². The summed E-state index contributed by atoms with van der Waals surface area (Å²) in [4.78, 5) is 27.6. The zero-order valence-electron chi connectivity index (χ0n) is 21.1. The van der Waals surface area contributed by atoms with Gasteiger partial charge in [-0.1, -0.05) is 52.3 Å². The summed E-state index contributed by atoms with van der Waals surface area (Å²) in [6.07, 6.45) is 8.82. The van der Waals surface area contributed by atoms with Crippen molar-refractivity contribution in [3.8, 4) is 0 Å². The van der Waals surface area contributed by atoms with Gasteiger partial charge < -0.3 is 10.2 Å². The molecule has 2 saturated carbocycles. The highest BCUT2D eigenvalue weighted by atomic mass is 16.2. The molecule has 2 amide bonds. The number of hydrogen-bond acceptors (Lipinski definition) is 2. The Morgan fingerprint density at radius 2 is 1.97 bits per heavy atom. The van der Waals surface area contributed by atoms with Gasteiger partial charge in [0.25, 0.3) is 0 Å². The van der Waals surface area contributed by atoms with Gasteiger partial charge in [-0.3, -0.25) is 9.59 Å². The van der Waals surface area contributed by atoms with Crippen LogP contribution in [-0.2, 0) is 21.4 Å². The van der Waals surface area contributed by atoms with E-state index in [2.05, 4.69) is 51.2 Å². The van der Waals surface area contributed by atoms with Gasteiger partial charge in [0.2, 0.25) is 11.8 Å². The number of carbonyl (C=O) groups excluding carboxylic acids is 2. The van der Waals surface area contributed by atoms with Crippen LogP contribution in [0.3, 0.4) is 0 Å². The lowest BCUT2D eigenvalue weighted by molar-refractivity contribution is -0.131. The molecule has 1 aromatic carbocycles. The zero-order chi connectivity index (χ0) is 23.4. The van der Waals surface area contributed by atoms with Gasteiger partial charge in [0, 0.05) is 26.1 Å². The average molecular weight is 451 g/mol. The number of benzene rings is 1. The molecule has 4 nitrogen and oxygen atoms in total. The highest BCUT2D eigenvalue weighted by molar-refractivity contribution is 5.89. The first-order valence-corrected chi connectivity index (χ1v) is 13.4. The third-order valence-electron chi connectivity index (χ3n) is 9.57. The molecule has 5 rings (SSSR count). The number of fused-ring (bicyclic) bond motifs is 3. The second kappa shape index (κ2) is 8.43. The molecule has 3 fully saturated rings. The van der Waals surface area contributed by atoms with Crippen molar-refractivity contribution in [2.45, 2.75) is 90.4 Å². The molecule has 1 unspecified atom stereocenters. The summed E-state index contributed by atoms with van der Waals surface area (Å²) >= 11 is 0. The second-order valence-electron chi connectivity index (χ2n) is 12.5. The third-order valence-corrected chi connectivity index (χ3v) is 9.57. The summed E-state index contributed by atoms with van der Waals surface area (Å²) < 4.78 is 0. The molecular weight excluding hydrogens is 408 g/mol. The largest absolute Gasteiger partial charge is 0.356 e. The van der Waals surface area contributed by atoms with Crippen LogP contribution < -0.4 is 5.32 Å². The van der Waals surface area contributed by atoms with Gasteiger partial charge >= 0.3 is 0 Å². The number of likely N-dealkylation sites (tertiary alicyclic amines) is 1. The Bertz CT molecular complexity index is 936. The lowest BCUT2D eigenvalue weighted by atomic mass is 9.49. The first-order chi connectivity index (χ1) is 15.7. The van der Waals surface area contributed by atoms with E-state index in [1.807, 2.05) is 4.90 Å². The summed E-state index contributed by atoms with van der Waals surface area (Å²) in [5.41, 5.74) is 4.84. The first-order valence-electron chi connectivity index (χ1n) is 13.4. The molecule has 1 aromatic rings. The van der Waals surface area contributed by atoms with Crippen LogP contribution in [0.1, 0.15) is 95.2 Å². The van der Waals surface area contributed by atoms with E-state index in [0.717, 1.165) is 19.5 Å². The predicted octanol–water partition coefficient (Wildman–Crippen LogP) is 5.20. The Kier molecular flexibility index (Phi) is 5.86. The maximum atomic E-state index is 12.9. The van der Waals surface area contributed by atoms with Crippen LogP contribution in [0.15, 0.2) is 18.2 Å². The topological polar surface area (TPSA) is 49.4 Å². The fourth-order valence-corrected chi connectivity index (χ4v) is 7.44. The molecule has 4 atom stereocenters. The molecule has 0 aromatic heterocycles. The van der Waals surface area contributed by atoms with Crippen LogP contribution in [0.4, 0.5) is 0 Å². The molecule has 33 heavy (non-hydrogen) atoms. The molecular formula is C29H42N2O2. The van der Waals surface area contributed by atoms with Crippen molar-refractivity contribution in [1.82, 2.24) is 10.2 Å². The minimum atomic E-state index is -0.170. The van der Waals surface area contributed by atoms with Gasteiger partial charge in [0.1, 0.15) is 0 Å². The average Bonchev–Trinajstić information content (AvgIpc) is 3.53. The molecule has 0 radical (unpaired) electrons. The number of nitrogens with zero attached hydrogens (tertiary/aromatic N) is 1. The van der Waals surface area contributed by atoms with Gasteiger partial charge in [0.15, 0.2) is 0 Å². The Balaban J connectivity index is 1.32. The smallest absolute Gasteiger partial charge is 0.225 e. The van der Waals surface area contributed by atoms with Gasteiger partial charge in [0.05, 0.1) is 5.92 Å². The number of nitrogens with one attached hydrogen (secondary N) is 1. The standard InChI is InChI=1S/C29H42N2O2/c1-19(2)21-8-10-24-22(14-21)9-11-25-28(3,12-5-13-29(24,25)4)18-31-17-23(15-26(31)32)27(33)30-16-20-6-7-20/h8,10,14,19-20,23,25H,5-7,9,11-13,15-18H2,1-4H3,(H,30,33)/t23?,25-,28-,29+/m0/s1. The molecule has 4 heteroatoms.